The Bertz CT molecular complexity index is 292. The molecular weight excluding hydrogens is 236 g/mol. The lowest BCUT2D eigenvalue weighted by Gasteiger charge is -2.31. The van der Waals surface area contributed by atoms with Gasteiger partial charge in [0.1, 0.15) is 6.54 Å². The van der Waals surface area contributed by atoms with Crippen molar-refractivity contribution in [2.75, 3.05) is 33.4 Å². The van der Waals surface area contributed by atoms with Crippen molar-refractivity contribution in [1.82, 2.24) is 9.80 Å². The van der Waals surface area contributed by atoms with Crippen molar-refractivity contribution in [2.24, 2.45) is 0 Å². The predicted octanol–water partition coefficient (Wildman–Crippen LogP) is 1.04. The average Bonchev–Trinajstić information content (AvgIpc) is 2.29. The first-order valence-electron chi connectivity index (χ1n) is 5.81. The monoisotopic (exact) mass is 258 g/mol. The van der Waals surface area contributed by atoms with Gasteiger partial charge in [-0.25, -0.2) is 4.79 Å². The maximum absolute atomic E-state index is 12.2. The van der Waals surface area contributed by atoms with Crippen LogP contribution in [0.2, 0.25) is 0 Å². The second-order valence-electron chi connectivity index (χ2n) is 4.13. The van der Waals surface area contributed by atoms with Crippen LogP contribution in [0.5, 0.6) is 0 Å². The van der Waals surface area contributed by atoms with Crippen molar-refractivity contribution in [1.29, 1.82) is 0 Å². The molecule has 0 aromatic rings. The molecule has 0 aliphatic heterocycles. The minimum atomic E-state index is -1.04. The van der Waals surface area contributed by atoms with E-state index in [4.69, 9.17) is 9.84 Å². The maximum Gasteiger partial charge on any atom is 0.323 e. The third kappa shape index (κ3) is 5.67. The molecule has 0 aromatic carbocycles. The third-order valence-electron chi connectivity index (χ3n) is 2.36. The molecule has 0 radical (unpaired) electrons. The van der Waals surface area contributed by atoms with Crippen LogP contribution in [-0.2, 0) is 9.53 Å². The number of nitrogens with zero attached hydrogens (tertiary/aromatic N) is 2. The van der Waals surface area contributed by atoms with E-state index in [0.29, 0.717) is 13.2 Å². The summed E-state index contributed by atoms with van der Waals surface area (Å²) in [6, 6.07) is -0.335. The Morgan fingerprint density at radius 3 is 2.44 bits per heavy atom. The Balaban J connectivity index is 4.77. The van der Waals surface area contributed by atoms with Crippen molar-refractivity contribution in [2.45, 2.75) is 19.9 Å². The van der Waals surface area contributed by atoms with E-state index in [-0.39, 0.29) is 25.2 Å². The molecule has 0 atom stereocenters. The van der Waals surface area contributed by atoms with Crippen LogP contribution < -0.4 is 0 Å². The zero-order valence-electron chi connectivity index (χ0n) is 11.3. The molecule has 0 rings (SSSR count). The number of aliphatic carboxylic acids is 1. The molecule has 6 heteroatoms. The first-order chi connectivity index (χ1) is 8.43. The summed E-state index contributed by atoms with van der Waals surface area (Å²) in [6.45, 7) is 7.95. The molecule has 0 saturated heterocycles. The van der Waals surface area contributed by atoms with Crippen LogP contribution >= 0.6 is 0 Å². The third-order valence-corrected chi connectivity index (χ3v) is 2.36. The SMILES string of the molecule is C=CCN(C(=O)N(CCOC)CC(=O)O)C(C)C. The standard InChI is InChI=1S/C12H22N2O4/c1-5-6-14(10(2)3)12(17)13(7-8-18-4)9-11(15)16/h5,10H,1,6-9H2,2-4H3,(H,15,16). The zero-order chi connectivity index (χ0) is 14.1. The van der Waals surface area contributed by atoms with E-state index in [1.807, 2.05) is 13.8 Å². The molecule has 6 nitrogen and oxygen atoms in total. The Hall–Kier alpha value is -1.56. The van der Waals surface area contributed by atoms with Crippen LogP contribution in [0.15, 0.2) is 12.7 Å². The number of carbonyl (C=O) groups excluding carboxylic acids is 1. The first-order valence-corrected chi connectivity index (χ1v) is 5.81. The number of hydrogen-bond donors (Lipinski definition) is 1. The molecular formula is C12H22N2O4. The Labute approximate surface area is 108 Å². The Morgan fingerprint density at radius 2 is 2.06 bits per heavy atom. The van der Waals surface area contributed by atoms with Crippen molar-refractivity contribution in [3.63, 3.8) is 0 Å². The zero-order valence-corrected chi connectivity index (χ0v) is 11.3. The second kappa shape index (κ2) is 8.52. The van der Waals surface area contributed by atoms with Crippen LogP contribution in [0.3, 0.4) is 0 Å². The summed E-state index contributed by atoms with van der Waals surface area (Å²) in [4.78, 5) is 25.8. The number of urea groups is 1. The highest BCUT2D eigenvalue weighted by Crippen LogP contribution is 2.05. The van der Waals surface area contributed by atoms with E-state index in [9.17, 15) is 9.59 Å². The number of carbonyl (C=O) groups is 2. The van der Waals surface area contributed by atoms with Gasteiger partial charge in [-0.3, -0.25) is 4.79 Å². The maximum atomic E-state index is 12.2. The van der Waals surface area contributed by atoms with E-state index in [1.54, 1.807) is 11.0 Å². The minimum absolute atomic E-state index is 0.0191. The van der Waals surface area contributed by atoms with Crippen LogP contribution in [0, 0.1) is 0 Å². The summed E-state index contributed by atoms with van der Waals surface area (Å²) in [6.07, 6.45) is 1.62. The van der Waals surface area contributed by atoms with Gasteiger partial charge in [-0.2, -0.15) is 0 Å². The Morgan fingerprint density at radius 1 is 1.44 bits per heavy atom. The molecule has 0 bridgehead atoms. The largest absolute Gasteiger partial charge is 0.480 e. The van der Waals surface area contributed by atoms with Gasteiger partial charge in [-0.1, -0.05) is 6.08 Å². The molecule has 1 N–H and O–H groups in total. The van der Waals surface area contributed by atoms with E-state index >= 15 is 0 Å². The number of ether oxygens (including phenoxy) is 1. The van der Waals surface area contributed by atoms with Gasteiger partial charge in [0.05, 0.1) is 6.61 Å². The molecule has 0 spiro atoms. The van der Waals surface area contributed by atoms with Gasteiger partial charge >= 0.3 is 12.0 Å². The fraction of sp³-hybridized carbons (Fsp3) is 0.667. The second-order valence-corrected chi connectivity index (χ2v) is 4.13. The van der Waals surface area contributed by atoms with Crippen molar-refractivity contribution in [3.05, 3.63) is 12.7 Å². The highest BCUT2D eigenvalue weighted by Gasteiger charge is 2.23. The highest BCUT2D eigenvalue weighted by molar-refractivity contribution is 5.80. The molecule has 0 heterocycles. The van der Waals surface area contributed by atoms with Crippen LogP contribution in [0.1, 0.15) is 13.8 Å². The lowest BCUT2D eigenvalue weighted by atomic mass is 10.3. The summed E-state index contributed by atoms with van der Waals surface area (Å²) >= 11 is 0. The lowest BCUT2D eigenvalue weighted by molar-refractivity contribution is -0.137. The van der Waals surface area contributed by atoms with E-state index in [2.05, 4.69) is 6.58 Å². The van der Waals surface area contributed by atoms with Crippen molar-refractivity contribution >= 4 is 12.0 Å². The van der Waals surface area contributed by atoms with Gasteiger partial charge < -0.3 is 19.6 Å². The topological polar surface area (TPSA) is 70.1 Å². The van der Waals surface area contributed by atoms with Crippen molar-refractivity contribution < 1.29 is 19.4 Å². The minimum Gasteiger partial charge on any atom is -0.480 e. The molecule has 2 amide bonds. The molecule has 0 fully saturated rings. The molecule has 0 saturated carbocycles. The summed E-state index contributed by atoms with van der Waals surface area (Å²) in [7, 11) is 1.51. The predicted molar refractivity (Wildman–Crippen MR) is 68.5 cm³/mol. The van der Waals surface area contributed by atoms with Crippen LogP contribution in [0.4, 0.5) is 4.79 Å². The number of methoxy groups -OCH3 is 1. The number of carboxylic acid groups (broad SMARTS) is 1. The summed E-state index contributed by atoms with van der Waals surface area (Å²) in [5, 5.41) is 8.81. The fourth-order valence-corrected chi connectivity index (χ4v) is 1.44. The summed E-state index contributed by atoms with van der Waals surface area (Å²) in [5.41, 5.74) is 0. The average molecular weight is 258 g/mol. The number of rotatable bonds is 8. The quantitative estimate of drug-likeness (QED) is 0.660. The van der Waals surface area contributed by atoms with Gasteiger partial charge in [0.15, 0.2) is 0 Å². The molecule has 104 valence electrons. The van der Waals surface area contributed by atoms with E-state index in [1.165, 1.54) is 12.0 Å². The van der Waals surface area contributed by atoms with E-state index in [0.717, 1.165) is 0 Å². The fourth-order valence-electron chi connectivity index (χ4n) is 1.44. The van der Waals surface area contributed by atoms with Gasteiger partial charge in [-0.05, 0) is 13.8 Å². The number of carboxylic acids is 1. The van der Waals surface area contributed by atoms with Gasteiger partial charge in [-0.15, -0.1) is 6.58 Å². The van der Waals surface area contributed by atoms with E-state index < -0.39 is 5.97 Å². The van der Waals surface area contributed by atoms with Crippen LogP contribution in [0.25, 0.3) is 0 Å². The molecule has 0 aromatic heterocycles. The van der Waals surface area contributed by atoms with Gasteiger partial charge in [0.25, 0.3) is 0 Å². The first kappa shape index (κ1) is 16.4. The number of hydrogen-bond acceptors (Lipinski definition) is 3. The summed E-state index contributed by atoms with van der Waals surface area (Å²) < 4.78 is 4.88. The highest BCUT2D eigenvalue weighted by atomic mass is 16.5. The molecule has 0 aliphatic carbocycles. The lowest BCUT2D eigenvalue weighted by Crippen LogP contribution is -2.49. The van der Waals surface area contributed by atoms with Crippen molar-refractivity contribution in [3.8, 4) is 0 Å². The Kier molecular flexibility index (Phi) is 7.78. The molecule has 0 unspecified atom stereocenters. The smallest absolute Gasteiger partial charge is 0.323 e. The van der Waals surface area contributed by atoms with Crippen LogP contribution in [-0.4, -0.2) is 66.3 Å². The van der Waals surface area contributed by atoms with Gasteiger partial charge in [0, 0.05) is 26.2 Å². The number of amides is 2. The normalized spacial score (nSPS) is 10.2. The molecule has 18 heavy (non-hydrogen) atoms. The van der Waals surface area contributed by atoms with Gasteiger partial charge in [0.2, 0.25) is 0 Å². The molecule has 0 aliphatic rings. The summed E-state index contributed by atoms with van der Waals surface area (Å²) in [5.74, 6) is -1.04.